The second kappa shape index (κ2) is 10.7. The summed E-state index contributed by atoms with van der Waals surface area (Å²) in [4.78, 5) is 13.6. The number of aromatic hydroxyl groups is 1. The highest BCUT2D eigenvalue weighted by Gasteiger charge is 2.24. The van der Waals surface area contributed by atoms with Crippen LogP contribution in [0, 0.1) is 5.92 Å². The predicted octanol–water partition coefficient (Wildman–Crippen LogP) is 8.59. The van der Waals surface area contributed by atoms with Gasteiger partial charge in [-0.1, -0.05) is 88.4 Å². The Morgan fingerprint density at radius 1 is 0.771 bits per heavy atom. The molecular formula is C33H34O2. The molecule has 0 amide bonds. The van der Waals surface area contributed by atoms with Gasteiger partial charge >= 0.3 is 0 Å². The summed E-state index contributed by atoms with van der Waals surface area (Å²) in [6, 6.07) is 24.4. The van der Waals surface area contributed by atoms with E-state index in [-0.39, 0.29) is 23.4 Å². The third-order valence-corrected chi connectivity index (χ3v) is 7.13. The number of carbonyl (C=O) groups is 1. The van der Waals surface area contributed by atoms with Crippen molar-refractivity contribution in [2.45, 2.75) is 46.5 Å². The highest BCUT2D eigenvalue weighted by molar-refractivity contribution is 6.17. The van der Waals surface area contributed by atoms with Gasteiger partial charge in [0.05, 0.1) is 0 Å². The maximum absolute atomic E-state index is 13.6. The quantitative estimate of drug-likeness (QED) is 0.357. The number of rotatable bonds is 7. The van der Waals surface area contributed by atoms with Crippen LogP contribution in [-0.4, -0.2) is 10.9 Å². The molecule has 2 heteroatoms. The van der Waals surface area contributed by atoms with E-state index < -0.39 is 0 Å². The van der Waals surface area contributed by atoms with Gasteiger partial charge in [-0.3, -0.25) is 4.79 Å². The molecule has 0 radical (unpaired) electrons. The Balaban J connectivity index is 1.90. The molecule has 0 saturated heterocycles. The van der Waals surface area contributed by atoms with Gasteiger partial charge in [-0.25, -0.2) is 0 Å². The fraction of sp³-hybridized carbons (Fsp3) is 0.242. The molecule has 35 heavy (non-hydrogen) atoms. The van der Waals surface area contributed by atoms with E-state index in [0.717, 1.165) is 46.2 Å². The van der Waals surface area contributed by atoms with Crippen molar-refractivity contribution in [1.29, 1.82) is 0 Å². The van der Waals surface area contributed by atoms with Crippen LogP contribution in [0.2, 0.25) is 0 Å². The summed E-state index contributed by atoms with van der Waals surface area (Å²) in [6.45, 7) is 8.46. The molecule has 0 bridgehead atoms. The first-order valence-electron chi connectivity index (χ1n) is 12.6. The SMILES string of the molecule is CCC(C)C1=CC(c2ccccc2)=CC(=Cc2cc(-c3ccccc3)cc(C(C)CC)c2O)C1=O. The Morgan fingerprint density at radius 3 is 1.97 bits per heavy atom. The van der Waals surface area contributed by atoms with Crippen molar-refractivity contribution < 1.29 is 9.90 Å². The normalized spacial score (nSPS) is 16.6. The van der Waals surface area contributed by atoms with Gasteiger partial charge in [0, 0.05) is 16.7 Å². The first-order chi connectivity index (χ1) is 16.9. The molecule has 1 N–H and O–H groups in total. The maximum Gasteiger partial charge on any atom is 0.189 e. The van der Waals surface area contributed by atoms with Crippen LogP contribution in [0.5, 0.6) is 5.75 Å². The maximum atomic E-state index is 13.6. The van der Waals surface area contributed by atoms with E-state index in [1.165, 1.54) is 0 Å². The minimum absolute atomic E-state index is 0.0358. The summed E-state index contributed by atoms with van der Waals surface area (Å²) in [5.41, 5.74) is 7.25. The van der Waals surface area contributed by atoms with Crippen molar-refractivity contribution in [2.75, 3.05) is 0 Å². The van der Waals surface area contributed by atoms with Crippen LogP contribution in [0.4, 0.5) is 0 Å². The highest BCUT2D eigenvalue weighted by Crippen LogP contribution is 2.38. The van der Waals surface area contributed by atoms with Gasteiger partial charge in [0.1, 0.15) is 5.75 Å². The van der Waals surface area contributed by atoms with Crippen LogP contribution in [0.1, 0.15) is 63.1 Å². The number of ketones is 1. The van der Waals surface area contributed by atoms with Crippen LogP contribution in [0.15, 0.2) is 96.1 Å². The van der Waals surface area contributed by atoms with Gasteiger partial charge in [-0.05, 0) is 82.9 Å². The zero-order valence-electron chi connectivity index (χ0n) is 21.1. The molecular weight excluding hydrogens is 428 g/mol. The van der Waals surface area contributed by atoms with Crippen LogP contribution in [0.3, 0.4) is 0 Å². The largest absolute Gasteiger partial charge is 0.507 e. The lowest BCUT2D eigenvalue weighted by atomic mass is 9.82. The van der Waals surface area contributed by atoms with E-state index in [1.54, 1.807) is 0 Å². The van der Waals surface area contributed by atoms with Gasteiger partial charge in [0.25, 0.3) is 0 Å². The van der Waals surface area contributed by atoms with Crippen LogP contribution < -0.4 is 0 Å². The lowest BCUT2D eigenvalue weighted by molar-refractivity contribution is -0.112. The topological polar surface area (TPSA) is 37.3 Å². The van der Waals surface area contributed by atoms with Crippen LogP contribution in [-0.2, 0) is 4.79 Å². The minimum Gasteiger partial charge on any atom is -0.507 e. The molecule has 0 spiro atoms. The van der Waals surface area contributed by atoms with E-state index in [9.17, 15) is 9.90 Å². The number of phenolic OH excluding ortho intramolecular Hbond substituents is 1. The Labute approximate surface area is 209 Å². The summed E-state index contributed by atoms with van der Waals surface area (Å²) in [5, 5.41) is 11.3. The van der Waals surface area contributed by atoms with E-state index in [2.05, 4.69) is 58.0 Å². The average Bonchev–Trinajstić information content (AvgIpc) is 2.91. The molecule has 178 valence electrons. The molecule has 2 atom stereocenters. The lowest BCUT2D eigenvalue weighted by Gasteiger charge is -2.21. The fourth-order valence-corrected chi connectivity index (χ4v) is 4.52. The second-order valence-electron chi connectivity index (χ2n) is 9.48. The minimum atomic E-state index is 0.0358. The van der Waals surface area contributed by atoms with Gasteiger partial charge in [-0.15, -0.1) is 0 Å². The van der Waals surface area contributed by atoms with E-state index >= 15 is 0 Å². The molecule has 4 rings (SSSR count). The number of hydrogen-bond donors (Lipinski definition) is 1. The summed E-state index contributed by atoms with van der Waals surface area (Å²) in [5.74, 6) is 0.643. The molecule has 0 heterocycles. The first kappa shape index (κ1) is 24.5. The third-order valence-electron chi connectivity index (χ3n) is 7.13. The Kier molecular flexibility index (Phi) is 7.51. The molecule has 0 fully saturated rings. The van der Waals surface area contributed by atoms with Crippen molar-refractivity contribution in [3.05, 3.63) is 113 Å². The molecule has 1 aliphatic rings. The van der Waals surface area contributed by atoms with Crippen LogP contribution in [0.25, 0.3) is 22.8 Å². The van der Waals surface area contributed by atoms with Crippen molar-refractivity contribution >= 4 is 17.4 Å². The van der Waals surface area contributed by atoms with Crippen LogP contribution >= 0.6 is 0 Å². The lowest BCUT2D eigenvalue weighted by Crippen LogP contribution is -2.15. The van der Waals surface area contributed by atoms with Gasteiger partial charge in [0.15, 0.2) is 5.78 Å². The second-order valence-corrected chi connectivity index (χ2v) is 9.48. The van der Waals surface area contributed by atoms with E-state index in [1.807, 2.05) is 60.7 Å². The third kappa shape index (κ3) is 5.22. The van der Waals surface area contributed by atoms with Crippen molar-refractivity contribution in [2.24, 2.45) is 5.92 Å². The number of hydrogen-bond acceptors (Lipinski definition) is 2. The molecule has 1 aliphatic carbocycles. The first-order valence-corrected chi connectivity index (χ1v) is 12.6. The number of Topliss-reactive ketones (excluding diaryl/α,β-unsaturated/α-hetero) is 1. The summed E-state index contributed by atoms with van der Waals surface area (Å²) in [7, 11) is 0. The molecule has 0 saturated carbocycles. The summed E-state index contributed by atoms with van der Waals surface area (Å²) in [6.07, 6.45) is 7.67. The van der Waals surface area contributed by atoms with E-state index in [0.29, 0.717) is 11.1 Å². The Morgan fingerprint density at radius 2 is 1.37 bits per heavy atom. The molecule has 3 aromatic rings. The van der Waals surface area contributed by atoms with Crippen molar-refractivity contribution in [3.8, 4) is 16.9 Å². The standard InChI is InChI=1S/C33H34O2/c1-5-22(3)30-20-26(24-13-9-7-10-14-24)17-28(32(30)34)19-29-18-27(25-15-11-8-12-16-25)21-31(33(29)35)23(4)6-2/h7-23,34H,5-6H2,1-4H3. The van der Waals surface area contributed by atoms with Crippen molar-refractivity contribution in [1.82, 2.24) is 0 Å². The monoisotopic (exact) mass is 462 g/mol. The number of phenols is 1. The fourth-order valence-electron chi connectivity index (χ4n) is 4.52. The molecule has 0 aromatic heterocycles. The van der Waals surface area contributed by atoms with Gasteiger partial charge < -0.3 is 5.11 Å². The van der Waals surface area contributed by atoms with Crippen molar-refractivity contribution in [3.63, 3.8) is 0 Å². The number of benzene rings is 3. The summed E-state index contributed by atoms with van der Waals surface area (Å²) >= 11 is 0. The highest BCUT2D eigenvalue weighted by atomic mass is 16.3. The Hall–Kier alpha value is -3.65. The number of carbonyl (C=O) groups excluding carboxylic acids is 1. The zero-order chi connectivity index (χ0) is 24.9. The number of allylic oxidation sites excluding steroid dienone is 5. The van der Waals surface area contributed by atoms with E-state index in [4.69, 9.17) is 0 Å². The van der Waals surface area contributed by atoms with Gasteiger partial charge in [-0.2, -0.15) is 0 Å². The van der Waals surface area contributed by atoms with Gasteiger partial charge in [0.2, 0.25) is 0 Å². The Bertz CT molecular complexity index is 1290. The molecule has 0 aliphatic heterocycles. The summed E-state index contributed by atoms with van der Waals surface area (Å²) < 4.78 is 0. The molecule has 2 unspecified atom stereocenters. The zero-order valence-corrected chi connectivity index (χ0v) is 21.1. The molecule has 2 nitrogen and oxygen atoms in total. The molecule has 3 aromatic carbocycles. The predicted molar refractivity (Wildman–Crippen MR) is 147 cm³/mol. The smallest absolute Gasteiger partial charge is 0.189 e. The average molecular weight is 463 g/mol.